The van der Waals surface area contributed by atoms with Crippen molar-refractivity contribution in [3.8, 4) is 0 Å². The van der Waals surface area contributed by atoms with E-state index in [1.807, 2.05) is 10.3 Å². The van der Waals surface area contributed by atoms with Crippen LogP contribution in [0.4, 0.5) is 0 Å². The van der Waals surface area contributed by atoms with Gasteiger partial charge in [-0.25, -0.2) is 0 Å². The van der Waals surface area contributed by atoms with Gasteiger partial charge in [0.05, 0.1) is 0 Å². The first-order valence-electron chi connectivity index (χ1n) is 6.50. The lowest BCUT2D eigenvalue weighted by molar-refractivity contribution is -0.116. The first-order valence-corrected chi connectivity index (χ1v) is 7.74. The Balaban J connectivity index is 2.41. The van der Waals surface area contributed by atoms with Crippen LogP contribution in [-0.4, -0.2) is 23.3 Å². The first kappa shape index (κ1) is 14.7. The Hall–Kier alpha value is -0.320. The van der Waals surface area contributed by atoms with E-state index < -0.39 is 0 Å². The Morgan fingerprint density at radius 3 is 3.00 bits per heavy atom. The van der Waals surface area contributed by atoms with Gasteiger partial charge in [-0.3, -0.25) is 4.79 Å². The molecule has 2 nitrogen and oxygen atoms in total. The van der Waals surface area contributed by atoms with Gasteiger partial charge in [-0.1, -0.05) is 61.3 Å². The van der Waals surface area contributed by atoms with Crippen LogP contribution in [0, 0.1) is 0 Å². The van der Waals surface area contributed by atoms with Crippen molar-refractivity contribution in [2.45, 2.75) is 51.5 Å². The Kier molecular flexibility index (Phi) is 7.56. The van der Waals surface area contributed by atoms with Crippen molar-refractivity contribution in [3.63, 3.8) is 0 Å². The van der Waals surface area contributed by atoms with Crippen LogP contribution >= 0.6 is 22.6 Å². The van der Waals surface area contributed by atoms with Crippen LogP contribution in [0.1, 0.15) is 45.4 Å². The highest BCUT2D eigenvalue weighted by molar-refractivity contribution is 14.1. The van der Waals surface area contributed by atoms with E-state index in [9.17, 15) is 4.79 Å². The molecule has 17 heavy (non-hydrogen) atoms. The van der Waals surface area contributed by atoms with Crippen molar-refractivity contribution in [2.24, 2.45) is 0 Å². The zero-order valence-corrected chi connectivity index (χ0v) is 12.7. The number of hydrogen-bond donors (Lipinski definition) is 0. The van der Waals surface area contributed by atoms with Crippen LogP contribution in [0.5, 0.6) is 0 Å². The predicted molar refractivity (Wildman–Crippen MR) is 81.2 cm³/mol. The van der Waals surface area contributed by atoms with E-state index in [1.165, 1.54) is 25.7 Å². The average molecular weight is 347 g/mol. The van der Waals surface area contributed by atoms with Gasteiger partial charge in [0, 0.05) is 25.2 Å². The standard InChI is InChI=1S/C14H22INO/c1-2-3-4-5-7-13-12-14(17)8-11-16(13)10-6-9-15/h6,8-9,11,13H,2-5,7,10,12H2,1H3/b9-6-/t13-/m0/s1. The van der Waals surface area contributed by atoms with Gasteiger partial charge in [-0.05, 0) is 16.6 Å². The molecule has 0 bridgehead atoms. The highest BCUT2D eigenvalue weighted by Gasteiger charge is 2.20. The minimum Gasteiger partial charge on any atom is -0.370 e. The molecule has 1 aliphatic rings. The van der Waals surface area contributed by atoms with Crippen LogP contribution < -0.4 is 0 Å². The molecule has 0 spiro atoms. The molecule has 1 aliphatic heterocycles. The predicted octanol–water partition coefficient (Wildman–Crippen LogP) is 4.06. The van der Waals surface area contributed by atoms with Gasteiger partial charge in [0.25, 0.3) is 0 Å². The molecule has 96 valence electrons. The molecule has 0 radical (unpaired) electrons. The van der Waals surface area contributed by atoms with Gasteiger partial charge >= 0.3 is 0 Å². The van der Waals surface area contributed by atoms with Crippen molar-refractivity contribution < 1.29 is 4.79 Å². The summed E-state index contributed by atoms with van der Waals surface area (Å²) in [6.07, 6.45) is 12.8. The third kappa shape index (κ3) is 5.70. The number of unbranched alkanes of at least 4 members (excludes halogenated alkanes) is 3. The molecule has 0 aromatic heterocycles. The fourth-order valence-corrected chi connectivity index (χ4v) is 2.39. The molecule has 3 heteroatoms. The number of carbonyl (C=O) groups excluding carboxylic acids is 1. The molecule has 0 fully saturated rings. The number of nitrogens with zero attached hydrogens (tertiary/aromatic N) is 1. The van der Waals surface area contributed by atoms with E-state index >= 15 is 0 Å². The molecular formula is C14H22INO. The summed E-state index contributed by atoms with van der Waals surface area (Å²) in [5.74, 6) is 0.278. The third-order valence-electron chi connectivity index (χ3n) is 3.15. The second-order valence-corrected chi connectivity index (χ2v) is 5.27. The van der Waals surface area contributed by atoms with Crippen LogP contribution in [0.3, 0.4) is 0 Å². The molecule has 0 saturated heterocycles. The molecule has 0 aliphatic carbocycles. The Morgan fingerprint density at radius 2 is 2.29 bits per heavy atom. The fourth-order valence-electron chi connectivity index (χ4n) is 2.16. The summed E-state index contributed by atoms with van der Waals surface area (Å²) < 4.78 is 2.04. The Labute approximate surface area is 118 Å². The summed E-state index contributed by atoms with van der Waals surface area (Å²) in [5, 5.41) is 0. The Bertz CT molecular complexity index is 286. The van der Waals surface area contributed by atoms with E-state index in [-0.39, 0.29) is 5.78 Å². The third-order valence-corrected chi connectivity index (χ3v) is 3.66. The topological polar surface area (TPSA) is 20.3 Å². The molecule has 1 atom stereocenters. The summed E-state index contributed by atoms with van der Waals surface area (Å²) in [5.41, 5.74) is 0. The van der Waals surface area contributed by atoms with Crippen molar-refractivity contribution in [2.75, 3.05) is 6.54 Å². The Morgan fingerprint density at radius 1 is 1.47 bits per heavy atom. The highest BCUT2D eigenvalue weighted by atomic mass is 127. The van der Waals surface area contributed by atoms with Gasteiger partial charge in [0.2, 0.25) is 0 Å². The van der Waals surface area contributed by atoms with Gasteiger partial charge in [-0.15, -0.1) is 0 Å². The van der Waals surface area contributed by atoms with Crippen molar-refractivity contribution in [3.05, 3.63) is 22.4 Å². The first-order chi connectivity index (χ1) is 8.27. The van der Waals surface area contributed by atoms with Gasteiger partial charge < -0.3 is 4.90 Å². The van der Waals surface area contributed by atoms with Gasteiger partial charge in [0.15, 0.2) is 5.78 Å². The lowest BCUT2D eigenvalue weighted by Gasteiger charge is -2.32. The molecule has 0 amide bonds. The summed E-state index contributed by atoms with van der Waals surface area (Å²) in [4.78, 5) is 13.7. The van der Waals surface area contributed by atoms with Crippen molar-refractivity contribution in [1.29, 1.82) is 0 Å². The number of halogens is 1. The molecule has 0 unspecified atom stereocenters. The smallest absolute Gasteiger partial charge is 0.159 e. The largest absolute Gasteiger partial charge is 0.370 e. The summed E-state index contributed by atoms with van der Waals surface area (Å²) >= 11 is 2.24. The maximum Gasteiger partial charge on any atom is 0.159 e. The number of ketones is 1. The quantitative estimate of drug-likeness (QED) is 0.511. The summed E-state index contributed by atoms with van der Waals surface area (Å²) in [7, 11) is 0. The maximum absolute atomic E-state index is 11.4. The molecule has 1 rings (SSSR count). The summed E-state index contributed by atoms with van der Waals surface area (Å²) in [6.45, 7) is 3.15. The number of hydrogen-bond acceptors (Lipinski definition) is 2. The molecule has 1 heterocycles. The molecule has 0 aromatic carbocycles. The van der Waals surface area contributed by atoms with E-state index in [1.54, 1.807) is 6.08 Å². The van der Waals surface area contributed by atoms with Crippen LogP contribution in [0.15, 0.2) is 22.4 Å². The minimum atomic E-state index is 0.278. The van der Waals surface area contributed by atoms with Gasteiger partial charge in [0.1, 0.15) is 0 Å². The van der Waals surface area contributed by atoms with Crippen LogP contribution in [0.2, 0.25) is 0 Å². The zero-order chi connectivity index (χ0) is 12.5. The highest BCUT2D eigenvalue weighted by Crippen LogP contribution is 2.19. The normalized spacial score (nSPS) is 20.5. The number of allylic oxidation sites excluding steroid dienone is 1. The second kappa shape index (κ2) is 8.72. The SMILES string of the molecule is CCCCCC[C@H]1CC(=O)C=CN1C/C=C\I. The zero-order valence-electron chi connectivity index (χ0n) is 10.6. The number of rotatable bonds is 7. The summed E-state index contributed by atoms with van der Waals surface area (Å²) in [6, 6.07) is 0.414. The lowest BCUT2D eigenvalue weighted by atomic mass is 9.98. The van der Waals surface area contributed by atoms with E-state index in [4.69, 9.17) is 0 Å². The maximum atomic E-state index is 11.4. The second-order valence-electron chi connectivity index (χ2n) is 4.55. The molecule has 0 aromatic rings. The van der Waals surface area contributed by atoms with Crippen LogP contribution in [-0.2, 0) is 4.79 Å². The fraction of sp³-hybridized carbons (Fsp3) is 0.643. The molecule has 0 saturated carbocycles. The van der Waals surface area contributed by atoms with Crippen molar-refractivity contribution >= 4 is 28.4 Å². The van der Waals surface area contributed by atoms with E-state index in [0.29, 0.717) is 12.5 Å². The van der Waals surface area contributed by atoms with Crippen LogP contribution in [0.25, 0.3) is 0 Å². The van der Waals surface area contributed by atoms with Crippen molar-refractivity contribution in [1.82, 2.24) is 4.90 Å². The van der Waals surface area contributed by atoms with E-state index in [0.717, 1.165) is 13.0 Å². The minimum absolute atomic E-state index is 0.278. The monoisotopic (exact) mass is 347 g/mol. The average Bonchev–Trinajstić information content (AvgIpc) is 2.33. The molecule has 0 N–H and O–H groups in total. The lowest BCUT2D eigenvalue weighted by Crippen LogP contribution is -2.35. The number of carbonyl (C=O) groups is 1. The molecular weight excluding hydrogens is 325 g/mol. The van der Waals surface area contributed by atoms with E-state index in [2.05, 4.69) is 40.5 Å². The van der Waals surface area contributed by atoms with Gasteiger partial charge in [-0.2, -0.15) is 0 Å².